The van der Waals surface area contributed by atoms with Crippen molar-refractivity contribution >= 4 is 5.91 Å². The Labute approximate surface area is 149 Å². The average Bonchev–Trinajstić information content (AvgIpc) is 3.33. The zero-order chi connectivity index (χ0) is 17.2. The molecule has 1 aliphatic carbocycles. The Hall–Kier alpha value is -1.53. The van der Waals surface area contributed by atoms with E-state index >= 15 is 0 Å². The number of aromatic nitrogens is 2. The Morgan fingerprint density at radius 2 is 2.12 bits per heavy atom. The van der Waals surface area contributed by atoms with Crippen LogP contribution in [-0.4, -0.2) is 52.1 Å². The second kappa shape index (κ2) is 7.38. The van der Waals surface area contributed by atoms with E-state index in [1.165, 1.54) is 32.2 Å². The maximum atomic E-state index is 12.5. The fraction of sp³-hybridized carbons (Fsp3) is 0.737. The number of amides is 1. The van der Waals surface area contributed by atoms with Gasteiger partial charge < -0.3 is 10.1 Å². The SMILES string of the molecule is Cc1cnc(CNC(=O)[C@@H]2C[C@H]3[C@H](CCN3CC3CCCC3)O2)cn1. The van der Waals surface area contributed by atoms with Gasteiger partial charge in [0.2, 0.25) is 5.91 Å². The summed E-state index contributed by atoms with van der Waals surface area (Å²) in [6, 6.07) is 0.426. The summed E-state index contributed by atoms with van der Waals surface area (Å²) in [4.78, 5) is 23.5. The average molecular weight is 344 g/mol. The van der Waals surface area contributed by atoms with E-state index in [1.807, 2.05) is 6.92 Å². The monoisotopic (exact) mass is 344 g/mol. The number of likely N-dealkylation sites (tertiary alicyclic amines) is 1. The van der Waals surface area contributed by atoms with Crippen molar-refractivity contribution in [3.63, 3.8) is 0 Å². The molecule has 1 saturated carbocycles. The smallest absolute Gasteiger partial charge is 0.249 e. The first-order valence-electron chi connectivity index (χ1n) is 9.64. The van der Waals surface area contributed by atoms with Crippen LogP contribution in [0, 0.1) is 12.8 Å². The molecule has 0 unspecified atom stereocenters. The van der Waals surface area contributed by atoms with Crippen LogP contribution in [0.1, 0.15) is 49.9 Å². The highest BCUT2D eigenvalue weighted by Crippen LogP contribution is 2.35. The summed E-state index contributed by atoms with van der Waals surface area (Å²) < 4.78 is 6.06. The highest BCUT2D eigenvalue weighted by atomic mass is 16.5. The van der Waals surface area contributed by atoms with Crippen molar-refractivity contribution in [2.75, 3.05) is 13.1 Å². The molecule has 3 aliphatic rings. The minimum absolute atomic E-state index is 0.0161. The van der Waals surface area contributed by atoms with Gasteiger partial charge in [-0.2, -0.15) is 0 Å². The summed E-state index contributed by atoms with van der Waals surface area (Å²) in [5.74, 6) is 0.837. The number of hydrogen-bond acceptors (Lipinski definition) is 5. The fourth-order valence-corrected chi connectivity index (χ4v) is 4.55. The molecule has 1 aromatic rings. The third-order valence-electron chi connectivity index (χ3n) is 5.93. The molecule has 1 amide bonds. The lowest BCUT2D eigenvalue weighted by molar-refractivity contribution is -0.132. The van der Waals surface area contributed by atoms with Gasteiger partial charge in [0.1, 0.15) is 6.10 Å². The van der Waals surface area contributed by atoms with Gasteiger partial charge in [-0.3, -0.25) is 19.7 Å². The molecule has 6 nitrogen and oxygen atoms in total. The second-order valence-corrected chi connectivity index (χ2v) is 7.77. The molecule has 2 aliphatic heterocycles. The van der Waals surface area contributed by atoms with E-state index in [1.54, 1.807) is 12.4 Å². The maximum Gasteiger partial charge on any atom is 0.249 e. The molecule has 0 aromatic carbocycles. The largest absolute Gasteiger partial charge is 0.363 e. The van der Waals surface area contributed by atoms with E-state index in [-0.39, 0.29) is 18.1 Å². The van der Waals surface area contributed by atoms with Crippen LogP contribution < -0.4 is 5.32 Å². The van der Waals surface area contributed by atoms with Crippen molar-refractivity contribution in [3.05, 3.63) is 23.8 Å². The summed E-state index contributed by atoms with van der Waals surface area (Å²) in [7, 11) is 0. The van der Waals surface area contributed by atoms with Crippen LogP contribution in [0.25, 0.3) is 0 Å². The standard InChI is InChI=1S/C19H28N4O2/c1-13-9-21-15(10-20-13)11-22-19(24)18-8-16-17(25-18)6-7-23(16)12-14-4-2-3-5-14/h9-10,14,16-18H,2-8,11-12H2,1H3,(H,22,24)/t16-,17-,18-/m0/s1. The van der Waals surface area contributed by atoms with Crippen LogP contribution in [-0.2, 0) is 16.1 Å². The van der Waals surface area contributed by atoms with E-state index < -0.39 is 0 Å². The molecule has 1 aromatic heterocycles. The van der Waals surface area contributed by atoms with Crippen LogP contribution in [0.4, 0.5) is 0 Å². The molecule has 2 saturated heterocycles. The van der Waals surface area contributed by atoms with E-state index in [4.69, 9.17) is 4.74 Å². The molecule has 4 rings (SSSR count). The second-order valence-electron chi connectivity index (χ2n) is 7.77. The lowest BCUT2D eigenvalue weighted by atomic mass is 10.0. The first kappa shape index (κ1) is 16.9. The van der Waals surface area contributed by atoms with Gasteiger partial charge in [-0.05, 0) is 32.1 Å². The molecule has 0 radical (unpaired) electrons. The van der Waals surface area contributed by atoms with Gasteiger partial charge in [0.05, 0.1) is 30.2 Å². The third-order valence-corrected chi connectivity index (χ3v) is 5.93. The zero-order valence-corrected chi connectivity index (χ0v) is 15.0. The number of ether oxygens (including phenoxy) is 1. The molecule has 1 N–H and O–H groups in total. The van der Waals surface area contributed by atoms with Gasteiger partial charge in [0.15, 0.2) is 0 Å². The Morgan fingerprint density at radius 1 is 1.28 bits per heavy atom. The quantitative estimate of drug-likeness (QED) is 0.882. The summed E-state index contributed by atoms with van der Waals surface area (Å²) >= 11 is 0. The van der Waals surface area contributed by atoms with E-state index in [2.05, 4.69) is 20.2 Å². The number of carbonyl (C=O) groups excluding carboxylic acids is 1. The molecular formula is C19H28N4O2. The van der Waals surface area contributed by atoms with Crippen LogP contribution in [0.5, 0.6) is 0 Å². The maximum absolute atomic E-state index is 12.5. The Balaban J connectivity index is 1.28. The van der Waals surface area contributed by atoms with Crippen molar-refractivity contribution in [2.24, 2.45) is 5.92 Å². The zero-order valence-electron chi connectivity index (χ0n) is 15.0. The molecule has 0 bridgehead atoms. The molecular weight excluding hydrogens is 316 g/mol. The van der Waals surface area contributed by atoms with E-state index in [0.29, 0.717) is 12.6 Å². The van der Waals surface area contributed by atoms with Gasteiger partial charge in [0.25, 0.3) is 0 Å². The molecule has 0 spiro atoms. The van der Waals surface area contributed by atoms with Crippen LogP contribution in [0.2, 0.25) is 0 Å². The predicted molar refractivity (Wildman–Crippen MR) is 93.8 cm³/mol. The topological polar surface area (TPSA) is 67.4 Å². The van der Waals surface area contributed by atoms with Gasteiger partial charge >= 0.3 is 0 Å². The van der Waals surface area contributed by atoms with Crippen LogP contribution in [0.3, 0.4) is 0 Å². The van der Waals surface area contributed by atoms with Crippen LogP contribution in [0.15, 0.2) is 12.4 Å². The fourth-order valence-electron chi connectivity index (χ4n) is 4.55. The van der Waals surface area contributed by atoms with Crippen LogP contribution >= 0.6 is 0 Å². The first-order chi connectivity index (χ1) is 12.2. The lowest BCUT2D eigenvalue weighted by Crippen LogP contribution is -2.37. The van der Waals surface area contributed by atoms with E-state index in [9.17, 15) is 4.79 Å². The summed E-state index contributed by atoms with van der Waals surface area (Å²) in [6.07, 6.45) is 10.7. The molecule has 3 fully saturated rings. The normalized spacial score (nSPS) is 29.9. The summed E-state index contributed by atoms with van der Waals surface area (Å²) in [5, 5.41) is 2.95. The molecule has 6 heteroatoms. The molecule has 3 heterocycles. The highest BCUT2D eigenvalue weighted by Gasteiger charge is 2.45. The predicted octanol–water partition coefficient (Wildman–Crippen LogP) is 1.82. The van der Waals surface area contributed by atoms with Crippen molar-refractivity contribution < 1.29 is 9.53 Å². The van der Waals surface area contributed by atoms with Crippen molar-refractivity contribution in [2.45, 2.75) is 70.2 Å². The van der Waals surface area contributed by atoms with E-state index in [0.717, 1.165) is 36.7 Å². The third kappa shape index (κ3) is 3.85. The van der Waals surface area contributed by atoms with Crippen molar-refractivity contribution in [3.8, 4) is 0 Å². The number of hydrogen-bond donors (Lipinski definition) is 1. The Morgan fingerprint density at radius 3 is 2.88 bits per heavy atom. The van der Waals surface area contributed by atoms with Gasteiger partial charge in [0, 0.05) is 31.7 Å². The number of nitrogens with one attached hydrogen (secondary N) is 1. The Kier molecular flexibility index (Phi) is 4.99. The minimum atomic E-state index is -0.320. The molecule has 3 atom stereocenters. The number of rotatable bonds is 5. The molecule has 136 valence electrons. The number of nitrogens with zero attached hydrogens (tertiary/aromatic N) is 3. The summed E-state index contributed by atoms with van der Waals surface area (Å²) in [5.41, 5.74) is 1.66. The number of fused-ring (bicyclic) bond motifs is 1. The Bertz CT molecular complexity index is 600. The van der Waals surface area contributed by atoms with Gasteiger partial charge in [-0.15, -0.1) is 0 Å². The number of carbonyl (C=O) groups is 1. The highest BCUT2D eigenvalue weighted by molar-refractivity contribution is 5.81. The number of aryl methyl sites for hydroxylation is 1. The minimum Gasteiger partial charge on any atom is -0.363 e. The van der Waals surface area contributed by atoms with Crippen molar-refractivity contribution in [1.29, 1.82) is 0 Å². The van der Waals surface area contributed by atoms with Gasteiger partial charge in [-0.1, -0.05) is 12.8 Å². The first-order valence-corrected chi connectivity index (χ1v) is 9.64. The lowest BCUT2D eigenvalue weighted by Gasteiger charge is -2.25. The van der Waals surface area contributed by atoms with Gasteiger partial charge in [-0.25, -0.2) is 0 Å². The van der Waals surface area contributed by atoms with Crippen molar-refractivity contribution in [1.82, 2.24) is 20.2 Å². The summed E-state index contributed by atoms with van der Waals surface area (Å²) in [6.45, 7) is 4.63. The molecule has 25 heavy (non-hydrogen) atoms.